The van der Waals surface area contributed by atoms with E-state index >= 15 is 0 Å². The summed E-state index contributed by atoms with van der Waals surface area (Å²) in [5.41, 5.74) is 5.71. The van der Waals surface area contributed by atoms with E-state index < -0.39 is 15.6 Å². The summed E-state index contributed by atoms with van der Waals surface area (Å²) >= 11 is 0. The predicted octanol–water partition coefficient (Wildman–Crippen LogP) is 3.26. The molecule has 27 heavy (non-hydrogen) atoms. The summed E-state index contributed by atoms with van der Waals surface area (Å²) in [6.45, 7) is 7.49. The molecule has 2 aromatic carbocycles. The molecule has 0 aliphatic carbocycles. The molecule has 0 aromatic heterocycles. The van der Waals surface area contributed by atoms with Gasteiger partial charge in [-0.05, 0) is 31.4 Å². The lowest BCUT2D eigenvalue weighted by atomic mass is 9.92. The number of benzene rings is 2. The van der Waals surface area contributed by atoms with Crippen LogP contribution in [0, 0.1) is 5.92 Å². The Kier molecular flexibility index (Phi) is 7.80. The number of rotatable bonds is 7. The van der Waals surface area contributed by atoms with E-state index in [1.54, 1.807) is 30.3 Å². The number of carbonyl (C=O) groups excluding carboxylic acids is 1. The molecular formula is C19H28ClN3O3S. The topological polar surface area (TPSA) is 101 Å². The third-order valence-electron chi connectivity index (χ3n) is 4.17. The normalized spacial score (nSPS) is 13.9. The number of fused-ring (bicyclic) bond motifs is 1. The Balaban J connectivity index is 0.00000364. The van der Waals surface area contributed by atoms with E-state index in [-0.39, 0.29) is 29.8 Å². The highest BCUT2D eigenvalue weighted by molar-refractivity contribution is 7.89. The first kappa shape index (κ1) is 23.4. The van der Waals surface area contributed by atoms with Crippen molar-refractivity contribution in [2.75, 3.05) is 11.9 Å². The summed E-state index contributed by atoms with van der Waals surface area (Å²) in [6, 6.07) is 10.2. The molecule has 0 heterocycles. The number of nitrogens with one attached hydrogen (secondary N) is 2. The van der Waals surface area contributed by atoms with Crippen LogP contribution in [0.25, 0.3) is 10.8 Å². The van der Waals surface area contributed by atoms with Gasteiger partial charge in [0.15, 0.2) is 0 Å². The highest BCUT2D eigenvalue weighted by Crippen LogP contribution is 2.30. The third-order valence-corrected chi connectivity index (χ3v) is 5.87. The van der Waals surface area contributed by atoms with Gasteiger partial charge in [0.05, 0.1) is 4.90 Å². The van der Waals surface area contributed by atoms with E-state index in [1.807, 2.05) is 20.8 Å². The molecule has 0 radical (unpaired) electrons. The van der Waals surface area contributed by atoms with Gasteiger partial charge in [0.1, 0.15) is 0 Å². The van der Waals surface area contributed by atoms with Gasteiger partial charge in [-0.3, -0.25) is 4.79 Å². The Hall–Kier alpha value is -1.67. The van der Waals surface area contributed by atoms with E-state index in [1.165, 1.54) is 13.0 Å². The van der Waals surface area contributed by atoms with E-state index in [0.29, 0.717) is 28.8 Å². The van der Waals surface area contributed by atoms with Gasteiger partial charge in [-0.25, -0.2) is 13.1 Å². The van der Waals surface area contributed by atoms with E-state index in [0.717, 1.165) is 0 Å². The number of amides is 1. The molecule has 0 spiro atoms. The lowest BCUT2D eigenvalue weighted by Gasteiger charge is -2.31. The Morgan fingerprint density at radius 1 is 1.15 bits per heavy atom. The molecule has 0 saturated carbocycles. The summed E-state index contributed by atoms with van der Waals surface area (Å²) in [4.78, 5) is 11.6. The zero-order valence-electron chi connectivity index (χ0n) is 16.1. The number of hydrogen-bond donors (Lipinski definition) is 3. The van der Waals surface area contributed by atoms with Crippen LogP contribution in [-0.4, -0.2) is 26.4 Å². The fraction of sp³-hybridized carbons (Fsp3) is 0.421. The Morgan fingerprint density at radius 2 is 1.74 bits per heavy atom. The van der Waals surface area contributed by atoms with Gasteiger partial charge in [0.25, 0.3) is 0 Å². The smallest absolute Gasteiger partial charge is 0.241 e. The van der Waals surface area contributed by atoms with Crippen molar-refractivity contribution in [3.05, 3.63) is 36.4 Å². The molecular weight excluding hydrogens is 386 g/mol. The molecule has 6 nitrogen and oxygen atoms in total. The Bertz CT molecular complexity index is 916. The maximum Gasteiger partial charge on any atom is 0.241 e. The lowest BCUT2D eigenvalue weighted by Crippen LogP contribution is -2.52. The molecule has 1 unspecified atom stereocenters. The van der Waals surface area contributed by atoms with Crippen LogP contribution in [0.5, 0.6) is 0 Å². The highest BCUT2D eigenvalue weighted by atomic mass is 35.5. The number of hydrogen-bond acceptors (Lipinski definition) is 4. The minimum Gasteiger partial charge on any atom is -0.329 e. The molecule has 4 N–H and O–H groups in total. The van der Waals surface area contributed by atoms with Gasteiger partial charge in [-0.15, -0.1) is 12.4 Å². The van der Waals surface area contributed by atoms with Crippen molar-refractivity contribution in [1.29, 1.82) is 0 Å². The number of nitrogens with two attached hydrogens (primary N) is 1. The van der Waals surface area contributed by atoms with Gasteiger partial charge in [-0.1, -0.05) is 38.1 Å². The Labute approximate surface area is 167 Å². The average molecular weight is 414 g/mol. The van der Waals surface area contributed by atoms with Crippen LogP contribution in [0.1, 0.15) is 34.1 Å². The van der Waals surface area contributed by atoms with Crippen molar-refractivity contribution in [3.63, 3.8) is 0 Å². The zero-order chi connectivity index (χ0) is 19.5. The predicted molar refractivity (Wildman–Crippen MR) is 113 cm³/mol. The number of sulfonamides is 1. The van der Waals surface area contributed by atoms with Crippen LogP contribution < -0.4 is 15.8 Å². The molecule has 150 valence electrons. The highest BCUT2D eigenvalue weighted by Gasteiger charge is 2.31. The fourth-order valence-electron chi connectivity index (χ4n) is 3.25. The van der Waals surface area contributed by atoms with Crippen LogP contribution in [0.2, 0.25) is 0 Å². The molecule has 2 aromatic rings. The molecule has 0 fully saturated rings. The molecule has 0 bridgehead atoms. The SMILES string of the molecule is CC(=O)Nc1ccc(S(=O)(=O)NC(C)(CN)CC(C)C)c2ccccc12.Cl. The monoisotopic (exact) mass is 413 g/mol. The first-order valence-electron chi connectivity index (χ1n) is 8.61. The summed E-state index contributed by atoms with van der Waals surface area (Å²) in [5.74, 6) is 0.0849. The van der Waals surface area contributed by atoms with Gasteiger partial charge >= 0.3 is 0 Å². The molecule has 0 saturated heterocycles. The van der Waals surface area contributed by atoms with Crippen LogP contribution in [-0.2, 0) is 14.8 Å². The van der Waals surface area contributed by atoms with Crippen molar-refractivity contribution in [2.24, 2.45) is 11.7 Å². The van der Waals surface area contributed by atoms with Gasteiger partial charge in [0.2, 0.25) is 15.9 Å². The maximum atomic E-state index is 13.1. The summed E-state index contributed by atoms with van der Waals surface area (Å²) in [5, 5.41) is 3.96. The van der Waals surface area contributed by atoms with Crippen molar-refractivity contribution in [2.45, 2.75) is 44.6 Å². The molecule has 8 heteroatoms. The Morgan fingerprint density at radius 3 is 2.26 bits per heavy atom. The zero-order valence-corrected chi connectivity index (χ0v) is 17.7. The van der Waals surface area contributed by atoms with Crippen molar-refractivity contribution in [3.8, 4) is 0 Å². The van der Waals surface area contributed by atoms with Gasteiger partial charge < -0.3 is 11.1 Å². The van der Waals surface area contributed by atoms with Crippen LogP contribution in [0.15, 0.2) is 41.3 Å². The summed E-state index contributed by atoms with van der Waals surface area (Å²) < 4.78 is 28.9. The number of halogens is 1. The first-order chi connectivity index (χ1) is 12.1. The number of anilines is 1. The van der Waals surface area contributed by atoms with Crippen LogP contribution in [0.4, 0.5) is 5.69 Å². The largest absolute Gasteiger partial charge is 0.329 e. The van der Waals surface area contributed by atoms with E-state index in [2.05, 4.69) is 10.0 Å². The summed E-state index contributed by atoms with van der Waals surface area (Å²) in [6.07, 6.45) is 0.630. The van der Waals surface area contributed by atoms with Gasteiger partial charge in [0, 0.05) is 35.5 Å². The third kappa shape index (κ3) is 5.65. The molecule has 1 atom stereocenters. The van der Waals surface area contributed by atoms with E-state index in [9.17, 15) is 13.2 Å². The van der Waals surface area contributed by atoms with Crippen LogP contribution in [0.3, 0.4) is 0 Å². The fourth-order valence-corrected chi connectivity index (χ4v) is 4.89. The molecule has 0 aliphatic heterocycles. The van der Waals surface area contributed by atoms with Crippen molar-refractivity contribution < 1.29 is 13.2 Å². The van der Waals surface area contributed by atoms with Crippen LogP contribution >= 0.6 is 12.4 Å². The van der Waals surface area contributed by atoms with E-state index in [4.69, 9.17) is 5.73 Å². The lowest BCUT2D eigenvalue weighted by molar-refractivity contribution is -0.114. The second kappa shape index (κ2) is 9.01. The minimum absolute atomic E-state index is 0. The molecule has 0 aliphatic rings. The second-order valence-electron chi connectivity index (χ2n) is 7.31. The minimum atomic E-state index is -3.79. The number of carbonyl (C=O) groups is 1. The van der Waals surface area contributed by atoms with Crippen molar-refractivity contribution in [1.82, 2.24) is 4.72 Å². The molecule has 2 rings (SSSR count). The standard InChI is InChI=1S/C19H27N3O3S.ClH/c1-13(2)11-19(4,12-20)22-26(24,25)18-10-9-17(21-14(3)23)15-7-5-6-8-16(15)18;/h5-10,13,22H,11-12,20H2,1-4H3,(H,21,23);1H. The summed E-state index contributed by atoms with van der Waals surface area (Å²) in [7, 11) is -3.79. The van der Waals surface area contributed by atoms with Gasteiger partial charge in [-0.2, -0.15) is 0 Å². The second-order valence-corrected chi connectivity index (χ2v) is 8.96. The average Bonchev–Trinajstić information content (AvgIpc) is 2.53. The van der Waals surface area contributed by atoms with Crippen molar-refractivity contribution >= 4 is 44.8 Å². The maximum absolute atomic E-state index is 13.1. The molecule has 1 amide bonds. The first-order valence-corrected chi connectivity index (χ1v) is 10.1. The quantitative estimate of drug-likeness (QED) is 0.648.